The number of carboxylic acid groups (broad SMARTS) is 2. The topological polar surface area (TPSA) is 159 Å². The molecule has 6 rings (SSSR count). The van der Waals surface area contributed by atoms with E-state index in [9.17, 15) is 30.0 Å². The van der Waals surface area contributed by atoms with Gasteiger partial charge in [-0.15, -0.1) is 0 Å². The van der Waals surface area contributed by atoms with E-state index in [1.165, 1.54) is 25.4 Å². The molecule has 1 aliphatic rings. The van der Waals surface area contributed by atoms with Gasteiger partial charge in [-0.3, -0.25) is 14.7 Å². The van der Waals surface area contributed by atoms with Crippen LogP contribution in [0.2, 0.25) is 5.02 Å². The van der Waals surface area contributed by atoms with Crippen LogP contribution in [-0.2, 0) is 24.4 Å². The Labute approximate surface area is 343 Å². The number of aromatic carboxylic acids is 1. The molecular weight excluding hydrogens is 760 g/mol. The molecule has 0 radical (unpaired) electrons. The van der Waals surface area contributed by atoms with E-state index in [2.05, 4.69) is 60.1 Å². The molecule has 1 aliphatic heterocycles. The third-order valence-corrected chi connectivity index (χ3v) is 11.2. The van der Waals surface area contributed by atoms with Crippen LogP contribution in [-0.4, -0.2) is 81.2 Å². The second-order valence-electron chi connectivity index (χ2n) is 15.1. The minimum atomic E-state index is -1.38. The van der Waals surface area contributed by atoms with Crippen LogP contribution >= 0.6 is 11.6 Å². The number of aromatic nitrogens is 1. The number of aliphatic hydroxyl groups excluding tert-OH is 2. The molecule has 0 aliphatic carbocycles. The Balaban J connectivity index is 1.19. The van der Waals surface area contributed by atoms with Gasteiger partial charge in [0.25, 0.3) is 0 Å². The van der Waals surface area contributed by atoms with Gasteiger partial charge in [-0.1, -0.05) is 60.1 Å². The monoisotopic (exact) mass is 808 g/mol. The summed E-state index contributed by atoms with van der Waals surface area (Å²) >= 11 is 6.78. The summed E-state index contributed by atoms with van der Waals surface area (Å²) in [5, 5.41) is 39.1. The third kappa shape index (κ3) is 10.2. The predicted octanol–water partition coefficient (Wildman–Crippen LogP) is 8.00. The summed E-state index contributed by atoms with van der Waals surface area (Å²) in [4.78, 5) is 29.7. The Kier molecular flexibility index (Phi) is 13.7. The summed E-state index contributed by atoms with van der Waals surface area (Å²) < 4.78 is 18.5. The number of halogens is 1. The first-order valence-corrected chi connectivity index (χ1v) is 19.6. The zero-order valence-electron chi connectivity index (χ0n) is 32.9. The maximum Gasteiger partial charge on any atom is 0.337 e. The van der Waals surface area contributed by atoms with Gasteiger partial charge in [0.2, 0.25) is 0 Å². The van der Waals surface area contributed by atoms with Gasteiger partial charge in [0.15, 0.2) is 0 Å². The molecule has 2 heterocycles. The number of ether oxygens (including phenoxy) is 3. The summed E-state index contributed by atoms with van der Waals surface area (Å²) in [6.45, 7) is 8.25. The van der Waals surface area contributed by atoms with Crippen molar-refractivity contribution in [3.63, 3.8) is 0 Å². The van der Waals surface area contributed by atoms with E-state index in [1.54, 1.807) is 12.1 Å². The van der Waals surface area contributed by atoms with E-state index >= 15 is 0 Å². The van der Waals surface area contributed by atoms with Gasteiger partial charge in [0.1, 0.15) is 37.1 Å². The molecule has 0 saturated carbocycles. The molecule has 4 N–H and O–H groups in total. The standard InChI is InChI=1S/C46H49ClN2O9/c1-29-34(6-4-8-39(29)40-9-5-7-38(30(40)2)32-10-12-37(13-11-32)56-19-18-49-17-15-36(51)25-49)27-58-43-22-42(57-26-31-20-35(44(52)53)24-48-23-31)33(21-41(43)47)14-16-46(3,28-50)45(54)55/h4-13,20-24,36,50-51H,14-19,25-28H2,1-3H3,(H,52,53)(H,54,55)/t36-,46+/m1/s1. The summed E-state index contributed by atoms with van der Waals surface area (Å²) in [6, 6.07) is 25.3. The largest absolute Gasteiger partial charge is 0.492 e. The smallest absolute Gasteiger partial charge is 0.337 e. The van der Waals surface area contributed by atoms with Crippen molar-refractivity contribution in [2.75, 3.05) is 32.8 Å². The second-order valence-corrected chi connectivity index (χ2v) is 15.5. The lowest BCUT2D eigenvalue weighted by Crippen LogP contribution is -2.32. The van der Waals surface area contributed by atoms with Gasteiger partial charge in [0, 0.05) is 43.7 Å². The number of carboxylic acids is 2. The number of carbonyl (C=O) groups is 2. The first kappa shape index (κ1) is 42.2. The van der Waals surface area contributed by atoms with Crippen molar-refractivity contribution >= 4 is 23.5 Å². The van der Waals surface area contributed by atoms with Crippen LogP contribution in [0.1, 0.15) is 57.9 Å². The van der Waals surface area contributed by atoms with E-state index in [1.807, 2.05) is 24.3 Å². The van der Waals surface area contributed by atoms with Crippen molar-refractivity contribution in [3.8, 4) is 39.5 Å². The fourth-order valence-corrected chi connectivity index (χ4v) is 7.33. The van der Waals surface area contributed by atoms with E-state index in [4.69, 9.17) is 25.8 Å². The number of β-amino-alcohol motifs (C(OH)–C–C–N with tert-alkyl or cyclic N) is 1. The number of nitrogens with zero attached hydrogens (tertiary/aromatic N) is 2. The zero-order chi connectivity index (χ0) is 41.4. The molecule has 304 valence electrons. The van der Waals surface area contributed by atoms with Gasteiger partial charge in [0.05, 0.1) is 28.7 Å². The number of benzene rings is 4. The van der Waals surface area contributed by atoms with Gasteiger partial charge < -0.3 is 34.6 Å². The Hall–Kier alpha value is -5.46. The summed E-state index contributed by atoms with van der Waals surface area (Å²) in [5.74, 6) is -0.692. The van der Waals surface area contributed by atoms with Crippen LogP contribution < -0.4 is 14.2 Å². The Morgan fingerprint density at radius 1 is 0.862 bits per heavy atom. The SMILES string of the molecule is Cc1c(COc2cc(OCc3cncc(C(=O)O)c3)c(CC[C@@](C)(CO)C(=O)O)cc2Cl)cccc1-c1cccc(-c2ccc(OCCN3CC[C@@H](O)C3)cc2)c1C. The number of aliphatic carboxylic acids is 1. The van der Waals surface area contributed by atoms with E-state index in [0.717, 1.165) is 64.2 Å². The van der Waals surface area contributed by atoms with Crippen LogP contribution in [0.4, 0.5) is 0 Å². The van der Waals surface area contributed by atoms with Crippen LogP contribution in [0.15, 0.2) is 91.3 Å². The molecule has 0 spiro atoms. The van der Waals surface area contributed by atoms with Gasteiger partial charge >= 0.3 is 11.9 Å². The number of likely N-dealkylation sites (tertiary alicyclic amines) is 1. The summed E-state index contributed by atoms with van der Waals surface area (Å²) in [7, 11) is 0. The highest BCUT2D eigenvalue weighted by atomic mass is 35.5. The molecule has 12 heteroatoms. The van der Waals surface area contributed by atoms with Crippen LogP contribution in [0.25, 0.3) is 22.3 Å². The molecule has 0 unspecified atom stereocenters. The molecule has 4 aromatic carbocycles. The van der Waals surface area contributed by atoms with Crippen LogP contribution in [0.3, 0.4) is 0 Å². The maximum absolute atomic E-state index is 11.9. The minimum absolute atomic E-state index is 0.0127. The van der Waals surface area contributed by atoms with Gasteiger partial charge in [-0.25, -0.2) is 4.79 Å². The number of aryl methyl sites for hydroxylation is 1. The first-order chi connectivity index (χ1) is 27.8. The number of aliphatic hydroxyl groups is 2. The molecule has 1 fully saturated rings. The van der Waals surface area contributed by atoms with Crippen molar-refractivity contribution in [2.45, 2.75) is 59.4 Å². The maximum atomic E-state index is 11.9. The van der Waals surface area contributed by atoms with Crippen molar-refractivity contribution in [1.29, 1.82) is 0 Å². The molecule has 0 amide bonds. The summed E-state index contributed by atoms with van der Waals surface area (Å²) in [5.41, 5.74) is 7.27. The quantitative estimate of drug-likeness (QED) is 0.0680. The lowest BCUT2D eigenvalue weighted by atomic mass is 9.85. The van der Waals surface area contributed by atoms with E-state index < -0.39 is 24.0 Å². The molecule has 1 aromatic heterocycles. The van der Waals surface area contributed by atoms with E-state index in [0.29, 0.717) is 40.8 Å². The number of rotatable bonds is 18. The number of hydrogen-bond donors (Lipinski definition) is 4. The van der Waals surface area contributed by atoms with Crippen molar-refractivity contribution < 1.29 is 44.2 Å². The molecule has 58 heavy (non-hydrogen) atoms. The Bertz CT molecular complexity index is 2250. The molecule has 11 nitrogen and oxygen atoms in total. The molecule has 1 saturated heterocycles. The molecule has 0 bridgehead atoms. The molecule has 2 atom stereocenters. The fourth-order valence-electron chi connectivity index (χ4n) is 7.09. The lowest BCUT2D eigenvalue weighted by molar-refractivity contribution is -0.150. The zero-order valence-corrected chi connectivity index (χ0v) is 33.7. The van der Waals surface area contributed by atoms with E-state index in [-0.39, 0.29) is 37.7 Å². The second kappa shape index (κ2) is 18.9. The Morgan fingerprint density at radius 2 is 1.57 bits per heavy atom. The highest BCUT2D eigenvalue weighted by Gasteiger charge is 2.32. The highest BCUT2D eigenvalue weighted by molar-refractivity contribution is 6.32. The first-order valence-electron chi connectivity index (χ1n) is 19.3. The average molecular weight is 809 g/mol. The van der Waals surface area contributed by atoms with Gasteiger partial charge in [-0.05, 0) is 109 Å². The third-order valence-electron chi connectivity index (χ3n) is 10.9. The van der Waals surface area contributed by atoms with Crippen molar-refractivity contribution in [1.82, 2.24) is 9.88 Å². The number of pyridine rings is 1. The average Bonchev–Trinajstić information content (AvgIpc) is 3.64. The minimum Gasteiger partial charge on any atom is -0.492 e. The lowest BCUT2D eigenvalue weighted by Gasteiger charge is -2.23. The van der Waals surface area contributed by atoms with Crippen LogP contribution in [0.5, 0.6) is 17.2 Å². The highest BCUT2D eigenvalue weighted by Crippen LogP contribution is 2.38. The Morgan fingerprint density at radius 3 is 2.26 bits per heavy atom. The molecule has 5 aromatic rings. The molecular formula is C46H49ClN2O9. The number of hydrogen-bond acceptors (Lipinski definition) is 9. The fraction of sp³-hybridized carbons (Fsp3) is 0.326. The van der Waals surface area contributed by atoms with Crippen molar-refractivity contribution in [2.24, 2.45) is 5.41 Å². The van der Waals surface area contributed by atoms with Crippen LogP contribution in [0, 0.1) is 19.3 Å². The predicted molar refractivity (Wildman–Crippen MR) is 222 cm³/mol. The summed E-state index contributed by atoms with van der Waals surface area (Å²) in [6.07, 6.45) is 3.68. The van der Waals surface area contributed by atoms with Gasteiger partial charge in [-0.2, -0.15) is 0 Å². The normalized spacial score (nSPS) is 15.2. The van der Waals surface area contributed by atoms with Crippen molar-refractivity contribution in [3.05, 3.63) is 130 Å².